The molecule has 180 valence electrons. The predicted molar refractivity (Wildman–Crippen MR) is 131 cm³/mol. The van der Waals surface area contributed by atoms with Crippen LogP contribution in [0.5, 0.6) is 17.2 Å². The van der Waals surface area contributed by atoms with Crippen LogP contribution < -0.4 is 24.2 Å². The van der Waals surface area contributed by atoms with Crippen molar-refractivity contribution in [3.8, 4) is 17.2 Å². The minimum Gasteiger partial charge on any atom is -0.497 e. The van der Waals surface area contributed by atoms with Gasteiger partial charge in [-0.3, -0.25) is 9.52 Å². The van der Waals surface area contributed by atoms with Gasteiger partial charge in [0.15, 0.2) is 6.10 Å². The van der Waals surface area contributed by atoms with Gasteiger partial charge in [0.05, 0.1) is 24.8 Å². The van der Waals surface area contributed by atoms with Crippen LogP contribution in [0.4, 0.5) is 11.4 Å². The van der Waals surface area contributed by atoms with Gasteiger partial charge < -0.3 is 19.5 Å². The molecule has 0 aromatic heterocycles. The number of hydrogen-bond acceptors (Lipinski definition) is 6. The molecule has 0 aliphatic heterocycles. The number of anilines is 2. The fraction of sp³-hybridized carbons (Fsp3) is 0.240. The second-order valence-corrected chi connectivity index (χ2v) is 9.37. The van der Waals surface area contributed by atoms with Crippen LogP contribution in [0, 0.1) is 13.8 Å². The number of nitrogens with one attached hydrogen (secondary N) is 2. The molecule has 8 nitrogen and oxygen atoms in total. The molecule has 0 radical (unpaired) electrons. The highest BCUT2D eigenvalue weighted by Crippen LogP contribution is 2.31. The number of methoxy groups -OCH3 is 2. The summed E-state index contributed by atoms with van der Waals surface area (Å²) in [5.74, 6) is 1.11. The van der Waals surface area contributed by atoms with E-state index in [1.165, 1.54) is 38.5 Å². The van der Waals surface area contributed by atoms with Crippen LogP contribution >= 0.6 is 0 Å². The number of rotatable bonds is 9. The molecule has 0 spiro atoms. The molecule has 0 saturated carbocycles. The molecule has 0 saturated heterocycles. The van der Waals surface area contributed by atoms with Gasteiger partial charge in [0.25, 0.3) is 15.9 Å². The SMILES string of the molecule is COc1ccc(NS(=O)(=O)c2ccc(NC(=O)[C@H](C)Oc3ccc(C)c(C)c3)cc2)c(OC)c1. The molecule has 0 heterocycles. The Bertz CT molecular complexity index is 1270. The maximum absolute atomic E-state index is 12.8. The van der Waals surface area contributed by atoms with E-state index in [9.17, 15) is 13.2 Å². The lowest BCUT2D eigenvalue weighted by atomic mass is 10.1. The van der Waals surface area contributed by atoms with E-state index in [4.69, 9.17) is 14.2 Å². The number of carbonyl (C=O) groups is 1. The first-order chi connectivity index (χ1) is 16.1. The largest absolute Gasteiger partial charge is 0.497 e. The van der Waals surface area contributed by atoms with Gasteiger partial charge in [-0.2, -0.15) is 0 Å². The van der Waals surface area contributed by atoms with Crippen molar-refractivity contribution in [3.63, 3.8) is 0 Å². The summed E-state index contributed by atoms with van der Waals surface area (Å²) in [6.45, 7) is 5.62. The molecular formula is C25H28N2O6S. The fourth-order valence-corrected chi connectivity index (χ4v) is 4.16. The molecule has 0 fully saturated rings. The molecule has 3 aromatic carbocycles. The first kappa shape index (κ1) is 24.9. The molecule has 0 unspecified atom stereocenters. The molecule has 2 N–H and O–H groups in total. The Morgan fingerprint density at radius 1 is 0.853 bits per heavy atom. The van der Waals surface area contributed by atoms with Crippen LogP contribution in [0.25, 0.3) is 0 Å². The van der Waals surface area contributed by atoms with Crippen molar-refractivity contribution < 1.29 is 27.4 Å². The van der Waals surface area contributed by atoms with E-state index in [1.54, 1.807) is 25.1 Å². The van der Waals surface area contributed by atoms with Crippen LogP contribution in [0.3, 0.4) is 0 Å². The normalized spacial score (nSPS) is 11.9. The zero-order chi connectivity index (χ0) is 24.9. The van der Waals surface area contributed by atoms with E-state index >= 15 is 0 Å². The molecule has 3 rings (SSSR count). The Morgan fingerprint density at radius 3 is 2.15 bits per heavy atom. The molecule has 0 aliphatic rings. The van der Waals surface area contributed by atoms with Gasteiger partial charge in [-0.15, -0.1) is 0 Å². The first-order valence-corrected chi connectivity index (χ1v) is 12.0. The topological polar surface area (TPSA) is 103 Å². The summed E-state index contributed by atoms with van der Waals surface area (Å²) in [5, 5.41) is 2.73. The molecule has 1 atom stereocenters. The minimum atomic E-state index is -3.88. The van der Waals surface area contributed by atoms with E-state index < -0.39 is 16.1 Å². The number of sulfonamides is 1. The average Bonchev–Trinajstić information content (AvgIpc) is 2.81. The highest BCUT2D eigenvalue weighted by molar-refractivity contribution is 7.92. The first-order valence-electron chi connectivity index (χ1n) is 10.5. The zero-order valence-corrected chi connectivity index (χ0v) is 20.5. The molecular weight excluding hydrogens is 456 g/mol. The van der Waals surface area contributed by atoms with Crippen LogP contribution in [0.1, 0.15) is 18.1 Å². The lowest BCUT2D eigenvalue weighted by molar-refractivity contribution is -0.122. The second-order valence-electron chi connectivity index (χ2n) is 7.69. The van der Waals surface area contributed by atoms with Crippen LogP contribution in [-0.2, 0) is 14.8 Å². The molecule has 9 heteroatoms. The maximum Gasteiger partial charge on any atom is 0.265 e. The summed E-state index contributed by atoms with van der Waals surface area (Å²) in [7, 11) is -0.935. The van der Waals surface area contributed by atoms with E-state index in [1.807, 2.05) is 32.0 Å². The fourth-order valence-electron chi connectivity index (χ4n) is 3.09. The maximum atomic E-state index is 12.8. The Balaban J connectivity index is 1.66. The Hall–Kier alpha value is -3.72. The van der Waals surface area contributed by atoms with E-state index in [0.29, 0.717) is 22.9 Å². The number of benzene rings is 3. The number of aryl methyl sites for hydroxylation is 2. The summed E-state index contributed by atoms with van der Waals surface area (Å²) in [6, 6.07) is 16.2. The van der Waals surface area contributed by atoms with Crippen molar-refractivity contribution >= 4 is 27.3 Å². The Morgan fingerprint density at radius 2 is 1.53 bits per heavy atom. The third kappa shape index (κ3) is 5.99. The molecule has 1 amide bonds. The summed E-state index contributed by atoms with van der Waals surface area (Å²) in [6.07, 6.45) is -0.741. The lowest BCUT2D eigenvalue weighted by Crippen LogP contribution is -2.30. The van der Waals surface area contributed by atoms with E-state index in [2.05, 4.69) is 10.0 Å². The van der Waals surface area contributed by atoms with E-state index in [-0.39, 0.29) is 16.5 Å². The van der Waals surface area contributed by atoms with Crippen LogP contribution in [-0.4, -0.2) is 34.6 Å². The summed E-state index contributed by atoms with van der Waals surface area (Å²) in [5.41, 5.74) is 2.93. The highest BCUT2D eigenvalue weighted by atomic mass is 32.2. The molecule has 34 heavy (non-hydrogen) atoms. The van der Waals surface area contributed by atoms with Crippen molar-refractivity contribution in [3.05, 3.63) is 71.8 Å². The quantitative estimate of drug-likeness (QED) is 0.463. The third-order valence-corrected chi connectivity index (χ3v) is 6.63. The molecule has 0 aliphatic carbocycles. The van der Waals surface area contributed by atoms with Crippen LogP contribution in [0.15, 0.2) is 65.6 Å². The molecule has 3 aromatic rings. The van der Waals surface area contributed by atoms with Crippen molar-refractivity contribution in [2.24, 2.45) is 0 Å². The van der Waals surface area contributed by atoms with Gasteiger partial charge in [-0.25, -0.2) is 8.42 Å². The predicted octanol–water partition coefficient (Wildman–Crippen LogP) is 4.53. The molecule has 0 bridgehead atoms. The highest BCUT2D eigenvalue weighted by Gasteiger charge is 2.19. The van der Waals surface area contributed by atoms with Gasteiger partial charge in [-0.05, 0) is 80.4 Å². The van der Waals surface area contributed by atoms with Gasteiger partial charge >= 0.3 is 0 Å². The average molecular weight is 485 g/mol. The van der Waals surface area contributed by atoms with Crippen molar-refractivity contribution in [1.29, 1.82) is 0 Å². The van der Waals surface area contributed by atoms with Crippen molar-refractivity contribution in [2.75, 3.05) is 24.3 Å². The lowest BCUT2D eigenvalue weighted by Gasteiger charge is -2.16. The zero-order valence-electron chi connectivity index (χ0n) is 19.7. The summed E-state index contributed by atoms with van der Waals surface area (Å²) < 4.78 is 44.2. The van der Waals surface area contributed by atoms with Gasteiger partial charge in [0.1, 0.15) is 17.2 Å². The van der Waals surface area contributed by atoms with Crippen molar-refractivity contribution in [2.45, 2.75) is 31.8 Å². The monoisotopic (exact) mass is 484 g/mol. The Labute approximate surface area is 199 Å². The standard InChI is InChI=1S/C25H28N2O6S/c1-16-6-9-21(14-17(16)2)33-18(3)25(28)26-19-7-11-22(12-8-19)34(29,30)27-23-13-10-20(31-4)15-24(23)32-5/h6-15,18,27H,1-5H3,(H,26,28)/t18-/m0/s1. The van der Waals surface area contributed by atoms with Gasteiger partial charge in [0, 0.05) is 11.8 Å². The van der Waals surface area contributed by atoms with Gasteiger partial charge in [-0.1, -0.05) is 6.07 Å². The minimum absolute atomic E-state index is 0.0304. The third-order valence-electron chi connectivity index (χ3n) is 5.25. The number of hydrogen-bond donors (Lipinski definition) is 2. The van der Waals surface area contributed by atoms with Crippen molar-refractivity contribution in [1.82, 2.24) is 0 Å². The van der Waals surface area contributed by atoms with Gasteiger partial charge in [0.2, 0.25) is 0 Å². The second kappa shape index (κ2) is 10.5. The smallest absolute Gasteiger partial charge is 0.265 e. The number of carbonyl (C=O) groups excluding carboxylic acids is 1. The number of ether oxygens (including phenoxy) is 3. The van der Waals surface area contributed by atoms with E-state index in [0.717, 1.165) is 11.1 Å². The van der Waals surface area contributed by atoms with Crippen LogP contribution in [0.2, 0.25) is 0 Å². The summed E-state index contributed by atoms with van der Waals surface area (Å²) >= 11 is 0. The Kier molecular flexibility index (Phi) is 7.68. The number of amides is 1. The summed E-state index contributed by atoms with van der Waals surface area (Å²) in [4.78, 5) is 12.6.